The average Bonchev–Trinajstić information content (AvgIpc) is 3.31. The van der Waals surface area contributed by atoms with Gasteiger partial charge in [-0.05, 0) is 24.0 Å². The predicted molar refractivity (Wildman–Crippen MR) is 121 cm³/mol. The van der Waals surface area contributed by atoms with Crippen LogP contribution in [0.25, 0.3) is 27.6 Å². The van der Waals surface area contributed by atoms with E-state index in [1.807, 2.05) is 6.92 Å². The Morgan fingerprint density at radius 1 is 0.903 bits per heavy atom. The Balaban J connectivity index is 0.000000648. The smallest absolute Gasteiger partial charge is 0.0434 e. The number of halogens is 2. The summed E-state index contributed by atoms with van der Waals surface area (Å²) in [6.45, 7) is 2.28. The van der Waals surface area contributed by atoms with Crippen molar-refractivity contribution in [2.24, 2.45) is 0 Å². The Morgan fingerprint density at radius 3 is 2.32 bits per heavy atom. The van der Waals surface area contributed by atoms with Gasteiger partial charge in [-0.1, -0.05) is 77.9 Å². The summed E-state index contributed by atoms with van der Waals surface area (Å²) in [6.07, 6.45) is 4.08. The maximum atomic E-state index is 9.34. The summed E-state index contributed by atoms with van der Waals surface area (Å²) in [5.74, 6) is 0.290. The van der Waals surface area contributed by atoms with Crippen molar-refractivity contribution < 1.29 is 54.2 Å². The van der Waals surface area contributed by atoms with E-state index in [1.54, 1.807) is 0 Å². The third-order valence-corrected chi connectivity index (χ3v) is 5.64. The number of fused-ring (bicyclic) bond motifs is 4. The Hall–Kier alpha value is -1.44. The Morgan fingerprint density at radius 2 is 1.55 bits per heavy atom. The summed E-state index contributed by atoms with van der Waals surface area (Å²) in [5.41, 5.74) is 5.50. The molecule has 1 N–H and O–H groups in total. The molecule has 158 valence electrons. The monoisotopic (exact) mass is 525 g/mol. The van der Waals surface area contributed by atoms with Crippen molar-refractivity contribution in [3.63, 3.8) is 0 Å². The van der Waals surface area contributed by atoms with Gasteiger partial charge in [0.05, 0.1) is 0 Å². The molecular weight excluding hydrogens is 502 g/mol. The van der Waals surface area contributed by atoms with E-state index < -0.39 is 0 Å². The molecule has 0 aliphatic heterocycles. The van der Waals surface area contributed by atoms with Crippen LogP contribution >= 0.6 is 0 Å². The van der Waals surface area contributed by atoms with Gasteiger partial charge in [0, 0.05) is 12.5 Å². The SMILES string of the molecule is C[CH]=[Zr+2].OCCCC1=Cc2ccccc2C1c1cccc2c1[cH-]c1ccccc12.[Cl-].[Cl-]. The number of benzene rings is 3. The molecule has 0 amide bonds. The summed E-state index contributed by atoms with van der Waals surface area (Å²) >= 11 is 1.51. The fraction of sp³-hybridized carbons (Fsp3) is 0.185. The van der Waals surface area contributed by atoms with Crippen LogP contribution in [-0.2, 0) is 24.2 Å². The second-order valence-electron chi connectivity index (χ2n) is 7.44. The van der Waals surface area contributed by atoms with Crippen LogP contribution in [0.15, 0.2) is 78.4 Å². The minimum Gasteiger partial charge on any atom is -1.00 e. The van der Waals surface area contributed by atoms with E-state index in [2.05, 4.69) is 82.6 Å². The molecule has 0 radical (unpaired) electrons. The van der Waals surface area contributed by atoms with Crippen molar-refractivity contribution in [2.45, 2.75) is 25.7 Å². The fourth-order valence-electron chi connectivity index (χ4n) is 4.51. The van der Waals surface area contributed by atoms with Gasteiger partial charge in [-0.25, -0.2) is 0 Å². The molecule has 4 aromatic rings. The van der Waals surface area contributed by atoms with E-state index in [0.717, 1.165) is 12.8 Å². The van der Waals surface area contributed by atoms with Gasteiger partial charge in [-0.2, -0.15) is 0 Å². The third kappa shape index (κ3) is 5.15. The predicted octanol–water partition coefficient (Wildman–Crippen LogP) is 0.377. The number of allylic oxidation sites excluding steroid dienone is 1. The molecule has 0 heterocycles. The van der Waals surface area contributed by atoms with Crippen molar-refractivity contribution in [3.05, 3.63) is 95.1 Å². The normalized spacial score (nSPS) is 14.1. The van der Waals surface area contributed by atoms with E-state index >= 15 is 0 Å². The molecule has 0 saturated carbocycles. The van der Waals surface area contributed by atoms with Crippen LogP contribution in [0.1, 0.15) is 42.4 Å². The molecule has 1 aliphatic rings. The van der Waals surface area contributed by atoms with Crippen molar-refractivity contribution >= 4 is 31.3 Å². The van der Waals surface area contributed by atoms with Crippen molar-refractivity contribution in [1.29, 1.82) is 0 Å². The van der Waals surface area contributed by atoms with Crippen LogP contribution < -0.4 is 24.8 Å². The number of rotatable bonds is 4. The van der Waals surface area contributed by atoms with Gasteiger partial charge in [0.1, 0.15) is 0 Å². The number of aliphatic hydroxyl groups excluding tert-OH is 1. The molecule has 0 bridgehead atoms. The van der Waals surface area contributed by atoms with Crippen LogP contribution in [-0.4, -0.2) is 15.4 Å². The first-order valence-electron chi connectivity index (χ1n) is 10.2. The molecule has 4 aromatic carbocycles. The van der Waals surface area contributed by atoms with Crippen LogP contribution in [0.4, 0.5) is 0 Å². The molecule has 0 fully saturated rings. The van der Waals surface area contributed by atoms with Crippen molar-refractivity contribution in [2.75, 3.05) is 6.61 Å². The molecule has 1 unspecified atom stereocenters. The van der Waals surface area contributed by atoms with Gasteiger partial charge in [0.15, 0.2) is 0 Å². The van der Waals surface area contributed by atoms with Gasteiger partial charge in [-0.3, -0.25) is 0 Å². The number of hydrogen-bond donors (Lipinski definition) is 1. The fourth-order valence-corrected chi connectivity index (χ4v) is 4.51. The summed E-state index contributed by atoms with van der Waals surface area (Å²) in [7, 11) is 0. The molecule has 5 rings (SSSR count). The Labute approximate surface area is 211 Å². The maximum Gasteiger partial charge on any atom is 0.0434 e. The molecule has 0 saturated heterocycles. The minimum absolute atomic E-state index is 0. The Bertz CT molecular complexity index is 1190. The minimum atomic E-state index is 0. The summed E-state index contributed by atoms with van der Waals surface area (Å²) in [4.78, 5) is 0. The van der Waals surface area contributed by atoms with Gasteiger partial charge < -0.3 is 29.9 Å². The molecule has 0 aromatic heterocycles. The molecule has 31 heavy (non-hydrogen) atoms. The van der Waals surface area contributed by atoms with Gasteiger partial charge in [0.25, 0.3) is 0 Å². The molecule has 1 atom stereocenters. The first-order chi connectivity index (χ1) is 14.3. The largest absolute Gasteiger partial charge is 1.00 e. The van der Waals surface area contributed by atoms with Crippen LogP contribution in [0, 0.1) is 0 Å². The van der Waals surface area contributed by atoms with E-state index in [0.29, 0.717) is 5.92 Å². The molecule has 1 aliphatic carbocycles. The summed E-state index contributed by atoms with van der Waals surface area (Å²) < 4.78 is 2.09. The van der Waals surface area contributed by atoms with Gasteiger partial charge in [0.2, 0.25) is 0 Å². The zero-order valence-electron chi connectivity index (χ0n) is 17.5. The Kier molecular flexibility index (Phi) is 9.98. The average molecular weight is 528 g/mol. The van der Waals surface area contributed by atoms with Crippen LogP contribution in [0.2, 0.25) is 0 Å². The molecule has 4 heteroatoms. The van der Waals surface area contributed by atoms with E-state index in [1.165, 1.54) is 68.0 Å². The molecule has 0 spiro atoms. The first kappa shape index (κ1) is 25.8. The van der Waals surface area contributed by atoms with E-state index in [-0.39, 0.29) is 31.4 Å². The summed E-state index contributed by atoms with van der Waals surface area (Å²) in [5, 5.41) is 14.7. The van der Waals surface area contributed by atoms with Crippen LogP contribution in [0.3, 0.4) is 0 Å². The third-order valence-electron chi connectivity index (χ3n) is 5.64. The second-order valence-corrected chi connectivity index (χ2v) is 8.86. The van der Waals surface area contributed by atoms with Gasteiger partial charge >= 0.3 is 34.9 Å². The molecular formula is C27H25Cl2OZr-. The summed E-state index contributed by atoms with van der Waals surface area (Å²) in [6, 6.07) is 26.4. The van der Waals surface area contributed by atoms with Crippen LogP contribution in [0.5, 0.6) is 0 Å². The van der Waals surface area contributed by atoms with E-state index in [9.17, 15) is 5.11 Å². The van der Waals surface area contributed by atoms with Crippen molar-refractivity contribution in [3.8, 4) is 0 Å². The quantitative estimate of drug-likeness (QED) is 0.381. The molecule has 1 nitrogen and oxygen atoms in total. The van der Waals surface area contributed by atoms with E-state index in [4.69, 9.17) is 0 Å². The van der Waals surface area contributed by atoms with Gasteiger partial charge in [-0.15, -0.1) is 33.7 Å². The van der Waals surface area contributed by atoms with Crippen molar-refractivity contribution in [1.82, 2.24) is 0 Å². The zero-order chi connectivity index (χ0) is 20.2. The second kappa shape index (κ2) is 12.0. The standard InChI is InChI=1S/C25H21O.C2H4.2ClH.Zr/c26-14-6-9-19-15-17-7-2-4-11-21(17)25(19)23-13-5-12-22-20-10-3-1-8-18(20)16-24(22)23;1-2;;;/h1-5,7-8,10-13,15-16,25-26H,6,9,14H2;1H,2H3;2*1H;/q-1;;;;+2/p-2. The topological polar surface area (TPSA) is 20.2 Å². The first-order valence-corrected chi connectivity index (χ1v) is 11.6. The number of aliphatic hydroxyl groups is 1. The zero-order valence-corrected chi connectivity index (χ0v) is 21.5. The number of hydrogen-bond acceptors (Lipinski definition) is 1. The maximum absolute atomic E-state index is 9.34.